The first-order valence-electron chi connectivity index (χ1n) is 4.13. The fourth-order valence-corrected chi connectivity index (χ4v) is 1.55. The van der Waals surface area contributed by atoms with E-state index in [-0.39, 0.29) is 6.10 Å². The van der Waals surface area contributed by atoms with Crippen LogP contribution in [-0.2, 0) is 0 Å². The van der Waals surface area contributed by atoms with Crippen LogP contribution in [0.2, 0.25) is 0 Å². The van der Waals surface area contributed by atoms with Crippen molar-refractivity contribution < 1.29 is 5.11 Å². The molecule has 0 aromatic rings. The molecule has 2 unspecified atom stereocenters. The van der Waals surface area contributed by atoms with E-state index < -0.39 is 0 Å². The Morgan fingerprint density at radius 3 is 2.55 bits per heavy atom. The van der Waals surface area contributed by atoms with Gasteiger partial charge < -0.3 is 10.8 Å². The molecule has 0 rings (SSSR count). The van der Waals surface area contributed by atoms with Crippen LogP contribution in [-0.4, -0.2) is 29.8 Å². The highest BCUT2D eigenvalue weighted by molar-refractivity contribution is 7.98. The molecule has 0 radical (unpaired) electrons. The Bertz CT molecular complexity index is 86.2. The number of hydrogen-bond donors (Lipinski definition) is 2. The predicted octanol–water partition coefficient (Wildman–Crippen LogP) is 1.09. The summed E-state index contributed by atoms with van der Waals surface area (Å²) in [5.74, 6) is 1.32. The van der Waals surface area contributed by atoms with E-state index in [1.165, 1.54) is 0 Å². The van der Waals surface area contributed by atoms with Crippen LogP contribution in [0.3, 0.4) is 0 Å². The first-order valence-corrected chi connectivity index (χ1v) is 5.52. The van der Waals surface area contributed by atoms with Crippen LogP contribution in [0.15, 0.2) is 0 Å². The minimum atomic E-state index is -0.197. The molecule has 2 atom stereocenters. The zero-order chi connectivity index (χ0) is 8.69. The lowest BCUT2D eigenvalue weighted by atomic mass is 9.98. The maximum absolute atomic E-state index is 9.55. The van der Waals surface area contributed by atoms with Crippen molar-refractivity contribution in [3.8, 4) is 0 Å². The topological polar surface area (TPSA) is 46.2 Å². The smallest absolute Gasteiger partial charge is 0.0588 e. The number of rotatable bonds is 6. The predicted molar refractivity (Wildman–Crippen MR) is 51.8 cm³/mol. The molecule has 11 heavy (non-hydrogen) atoms. The van der Waals surface area contributed by atoms with Crippen LogP contribution in [0.5, 0.6) is 0 Å². The van der Waals surface area contributed by atoms with Crippen LogP contribution in [0.4, 0.5) is 0 Å². The van der Waals surface area contributed by atoms with Crippen molar-refractivity contribution in [1.29, 1.82) is 0 Å². The molecule has 3 heteroatoms. The maximum Gasteiger partial charge on any atom is 0.0588 e. The van der Waals surface area contributed by atoms with Gasteiger partial charge in [-0.05, 0) is 37.3 Å². The van der Waals surface area contributed by atoms with Gasteiger partial charge in [0, 0.05) is 0 Å². The Kier molecular flexibility index (Phi) is 7.12. The summed E-state index contributed by atoms with van der Waals surface area (Å²) in [6.07, 6.45) is 3.71. The monoisotopic (exact) mass is 177 g/mol. The van der Waals surface area contributed by atoms with Gasteiger partial charge in [-0.2, -0.15) is 11.8 Å². The van der Waals surface area contributed by atoms with E-state index in [1.54, 1.807) is 11.8 Å². The minimum Gasteiger partial charge on any atom is -0.393 e. The van der Waals surface area contributed by atoms with Gasteiger partial charge in [0.1, 0.15) is 0 Å². The van der Waals surface area contributed by atoms with Gasteiger partial charge in [0.2, 0.25) is 0 Å². The molecule has 0 aromatic heterocycles. The Morgan fingerprint density at radius 1 is 1.55 bits per heavy atom. The molecule has 0 spiro atoms. The van der Waals surface area contributed by atoms with Gasteiger partial charge in [-0.1, -0.05) is 6.92 Å². The van der Waals surface area contributed by atoms with Crippen LogP contribution in [0.25, 0.3) is 0 Å². The van der Waals surface area contributed by atoms with E-state index in [1.807, 2.05) is 0 Å². The molecule has 0 fully saturated rings. The summed E-state index contributed by atoms with van der Waals surface area (Å²) in [6.45, 7) is 2.67. The van der Waals surface area contributed by atoms with Crippen molar-refractivity contribution in [3.63, 3.8) is 0 Å². The second-order valence-electron chi connectivity index (χ2n) is 2.75. The van der Waals surface area contributed by atoms with Crippen molar-refractivity contribution >= 4 is 11.8 Å². The molecule has 68 valence electrons. The Hall–Kier alpha value is 0.270. The minimum absolute atomic E-state index is 0.197. The lowest BCUT2D eigenvalue weighted by Crippen LogP contribution is -2.27. The van der Waals surface area contributed by atoms with E-state index in [4.69, 9.17) is 5.73 Å². The molecule has 0 bridgehead atoms. The van der Waals surface area contributed by atoms with E-state index in [2.05, 4.69) is 13.2 Å². The summed E-state index contributed by atoms with van der Waals surface area (Å²) in [5, 5.41) is 9.55. The lowest BCUT2D eigenvalue weighted by molar-refractivity contribution is 0.106. The van der Waals surface area contributed by atoms with Crippen molar-refractivity contribution in [2.24, 2.45) is 11.7 Å². The van der Waals surface area contributed by atoms with E-state index in [9.17, 15) is 5.11 Å². The molecule has 0 amide bonds. The largest absolute Gasteiger partial charge is 0.393 e. The molecule has 0 aliphatic heterocycles. The van der Waals surface area contributed by atoms with Gasteiger partial charge in [0.25, 0.3) is 0 Å². The summed E-state index contributed by atoms with van der Waals surface area (Å²) in [5.41, 5.74) is 5.49. The number of aliphatic hydroxyl groups is 1. The Morgan fingerprint density at radius 2 is 2.18 bits per heavy atom. The molecule has 0 aliphatic rings. The molecule has 0 aromatic carbocycles. The number of thioether (sulfide) groups is 1. The van der Waals surface area contributed by atoms with Crippen molar-refractivity contribution in [1.82, 2.24) is 0 Å². The van der Waals surface area contributed by atoms with Crippen molar-refractivity contribution in [2.45, 2.75) is 25.9 Å². The molecule has 0 saturated heterocycles. The van der Waals surface area contributed by atoms with Crippen molar-refractivity contribution in [3.05, 3.63) is 0 Å². The second-order valence-corrected chi connectivity index (χ2v) is 3.74. The average molecular weight is 177 g/mol. The van der Waals surface area contributed by atoms with Gasteiger partial charge in [-0.25, -0.2) is 0 Å². The van der Waals surface area contributed by atoms with Crippen molar-refractivity contribution in [2.75, 3.05) is 18.6 Å². The first kappa shape index (κ1) is 11.3. The highest BCUT2D eigenvalue weighted by Crippen LogP contribution is 2.12. The van der Waals surface area contributed by atoms with Gasteiger partial charge in [-0.3, -0.25) is 0 Å². The fourth-order valence-electron chi connectivity index (χ4n) is 1.07. The zero-order valence-electron chi connectivity index (χ0n) is 7.42. The maximum atomic E-state index is 9.55. The fraction of sp³-hybridized carbons (Fsp3) is 1.00. The molecular formula is C8H19NOS. The molecule has 2 nitrogen and oxygen atoms in total. The third-order valence-corrected chi connectivity index (χ3v) is 2.63. The van der Waals surface area contributed by atoms with Gasteiger partial charge >= 0.3 is 0 Å². The van der Waals surface area contributed by atoms with Crippen LogP contribution in [0, 0.1) is 5.92 Å². The number of nitrogens with two attached hydrogens (primary N) is 1. The van der Waals surface area contributed by atoms with Crippen LogP contribution < -0.4 is 5.73 Å². The normalized spacial score (nSPS) is 16.4. The lowest BCUT2D eigenvalue weighted by Gasteiger charge is -2.18. The molecule has 3 N–H and O–H groups in total. The number of hydrogen-bond acceptors (Lipinski definition) is 3. The Balaban J connectivity index is 3.51. The zero-order valence-corrected chi connectivity index (χ0v) is 8.23. The van der Waals surface area contributed by atoms with Crippen LogP contribution in [0.1, 0.15) is 19.8 Å². The summed E-state index contributed by atoms with van der Waals surface area (Å²) in [6, 6.07) is 0. The first-order chi connectivity index (χ1) is 5.26. The van der Waals surface area contributed by atoms with E-state index in [0.29, 0.717) is 12.5 Å². The summed E-state index contributed by atoms with van der Waals surface area (Å²) >= 11 is 1.77. The standard InChI is InChI=1S/C8H19NOS/c1-3-7(6-9)8(10)4-5-11-2/h7-8,10H,3-6,9H2,1-2H3. The SMILES string of the molecule is CCC(CN)C(O)CCSC. The third-order valence-electron chi connectivity index (χ3n) is 1.99. The average Bonchev–Trinajstić information content (AvgIpc) is 2.03. The third kappa shape index (κ3) is 4.67. The number of aliphatic hydroxyl groups excluding tert-OH is 1. The molecule has 0 aliphatic carbocycles. The summed E-state index contributed by atoms with van der Waals surface area (Å²) in [4.78, 5) is 0. The second kappa shape index (κ2) is 6.95. The Labute approximate surface area is 73.6 Å². The molecule has 0 heterocycles. The van der Waals surface area contributed by atoms with Crippen LogP contribution >= 0.6 is 11.8 Å². The molecular weight excluding hydrogens is 158 g/mol. The summed E-state index contributed by atoms with van der Waals surface area (Å²) in [7, 11) is 0. The van der Waals surface area contributed by atoms with Gasteiger partial charge in [-0.15, -0.1) is 0 Å². The van der Waals surface area contributed by atoms with Gasteiger partial charge in [0.05, 0.1) is 6.10 Å². The quantitative estimate of drug-likeness (QED) is 0.638. The van der Waals surface area contributed by atoms with E-state index >= 15 is 0 Å². The summed E-state index contributed by atoms with van der Waals surface area (Å²) < 4.78 is 0. The highest BCUT2D eigenvalue weighted by atomic mass is 32.2. The van der Waals surface area contributed by atoms with E-state index in [0.717, 1.165) is 18.6 Å². The molecule has 0 saturated carbocycles. The van der Waals surface area contributed by atoms with Gasteiger partial charge in [0.15, 0.2) is 0 Å². The highest BCUT2D eigenvalue weighted by Gasteiger charge is 2.14.